The van der Waals surface area contributed by atoms with E-state index in [0.717, 1.165) is 0 Å². The molecule has 0 spiro atoms. The van der Waals surface area contributed by atoms with Crippen LogP contribution in [0.25, 0.3) is 0 Å². The smallest absolute Gasteiger partial charge is 0.326 e. The van der Waals surface area contributed by atoms with Gasteiger partial charge in [0.1, 0.15) is 18.1 Å². The highest BCUT2D eigenvalue weighted by Gasteiger charge is 2.32. The van der Waals surface area contributed by atoms with Gasteiger partial charge < -0.3 is 37.6 Å². The van der Waals surface area contributed by atoms with E-state index in [2.05, 4.69) is 28.6 Å². The number of primary amides is 1. The van der Waals surface area contributed by atoms with E-state index >= 15 is 0 Å². The Kier molecular flexibility index (Phi) is 12.7. The van der Waals surface area contributed by atoms with Gasteiger partial charge in [0.25, 0.3) is 0 Å². The minimum Gasteiger partial charge on any atom is -0.480 e. The van der Waals surface area contributed by atoms with Crippen molar-refractivity contribution in [3.05, 3.63) is 0 Å². The molecule has 0 bridgehead atoms. The number of carboxylic acid groups (broad SMARTS) is 1. The normalized spacial score (nSPS) is 15.8. The van der Waals surface area contributed by atoms with Crippen molar-refractivity contribution < 1.29 is 34.2 Å². The molecule has 4 amide bonds. The van der Waals surface area contributed by atoms with E-state index in [4.69, 9.17) is 16.6 Å². The molecule has 0 saturated heterocycles. The van der Waals surface area contributed by atoms with Crippen molar-refractivity contribution in [2.75, 3.05) is 12.4 Å². The first-order chi connectivity index (χ1) is 14.0. The number of amides is 4. The van der Waals surface area contributed by atoms with E-state index in [1.807, 2.05) is 0 Å². The van der Waals surface area contributed by atoms with Crippen molar-refractivity contribution in [3.8, 4) is 0 Å². The molecule has 0 aromatic heterocycles. The second-order valence-corrected chi connectivity index (χ2v) is 7.17. The molecule has 0 aliphatic rings. The molecular weight excluding hydrogens is 418 g/mol. The third kappa shape index (κ3) is 9.41. The second kappa shape index (κ2) is 13.8. The number of aliphatic carboxylic acids is 1. The first-order valence-electron chi connectivity index (χ1n) is 9.37. The molecule has 12 nitrogen and oxygen atoms in total. The van der Waals surface area contributed by atoms with Gasteiger partial charge in [-0.2, -0.15) is 12.6 Å². The van der Waals surface area contributed by atoms with E-state index < -0.39 is 60.4 Å². The molecule has 0 aliphatic carbocycles. The second-order valence-electron chi connectivity index (χ2n) is 6.81. The van der Waals surface area contributed by atoms with Gasteiger partial charge in [0.15, 0.2) is 0 Å². The predicted octanol–water partition coefficient (Wildman–Crippen LogP) is -2.91. The fraction of sp³-hybridized carbons (Fsp3) is 0.706. The standard InChI is InChI=1S/C17H31N5O7S/c1-3-8(2)13(22-14(25)9(18)7-30)16(27)21-11(6-23)15(26)20-10(17(28)29)4-5-12(19)24/h8-11,13,23,30H,3-7,18H2,1-2H3,(H2,19,24)(H,20,26)(H,21,27)(H,22,25)(H,28,29). The van der Waals surface area contributed by atoms with Crippen molar-refractivity contribution in [2.45, 2.75) is 57.3 Å². The lowest BCUT2D eigenvalue weighted by Gasteiger charge is -2.27. The number of nitrogens with two attached hydrogens (primary N) is 2. The number of carboxylic acids is 1. The van der Waals surface area contributed by atoms with Crippen LogP contribution < -0.4 is 27.4 Å². The fourth-order valence-electron chi connectivity index (χ4n) is 2.32. The summed E-state index contributed by atoms with van der Waals surface area (Å²) in [5.41, 5.74) is 10.6. The Labute approximate surface area is 179 Å². The lowest BCUT2D eigenvalue weighted by molar-refractivity contribution is -0.143. The predicted molar refractivity (Wildman–Crippen MR) is 110 cm³/mol. The summed E-state index contributed by atoms with van der Waals surface area (Å²) in [6, 6.07) is -4.89. The van der Waals surface area contributed by atoms with E-state index in [9.17, 15) is 29.1 Å². The molecule has 0 fully saturated rings. The topological polar surface area (TPSA) is 214 Å². The number of carbonyl (C=O) groups is 5. The van der Waals surface area contributed by atoms with E-state index in [1.54, 1.807) is 13.8 Å². The quantitative estimate of drug-likeness (QED) is 0.128. The zero-order valence-electron chi connectivity index (χ0n) is 17.0. The number of carbonyl (C=O) groups excluding carboxylic acids is 4. The first kappa shape index (κ1) is 27.6. The number of aliphatic hydroxyl groups is 1. The minimum atomic E-state index is -1.48. The average molecular weight is 450 g/mol. The Morgan fingerprint density at radius 2 is 1.57 bits per heavy atom. The number of thiol groups is 1. The van der Waals surface area contributed by atoms with Crippen LogP contribution >= 0.6 is 12.6 Å². The van der Waals surface area contributed by atoms with Crippen LogP contribution in [0.15, 0.2) is 0 Å². The maximum atomic E-state index is 12.6. The molecule has 9 N–H and O–H groups in total. The number of aliphatic hydroxyl groups excluding tert-OH is 1. The van der Waals surface area contributed by atoms with Crippen LogP contribution in [0.1, 0.15) is 33.1 Å². The summed E-state index contributed by atoms with van der Waals surface area (Å²) in [5.74, 6) is -4.73. The Hall–Kier alpha value is -2.38. The lowest BCUT2D eigenvalue weighted by Crippen LogP contribution is -2.59. The summed E-state index contributed by atoms with van der Waals surface area (Å²) in [6.45, 7) is 2.67. The maximum Gasteiger partial charge on any atom is 0.326 e. The third-order valence-electron chi connectivity index (χ3n) is 4.44. The van der Waals surface area contributed by atoms with Gasteiger partial charge in [0.05, 0.1) is 12.6 Å². The van der Waals surface area contributed by atoms with Gasteiger partial charge in [-0.15, -0.1) is 0 Å². The fourth-order valence-corrected chi connectivity index (χ4v) is 2.48. The van der Waals surface area contributed by atoms with Crippen molar-refractivity contribution in [3.63, 3.8) is 0 Å². The van der Waals surface area contributed by atoms with E-state index in [-0.39, 0.29) is 24.5 Å². The van der Waals surface area contributed by atoms with Crippen LogP contribution in [0.5, 0.6) is 0 Å². The van der Waals surface area contributed by atoms with Gasteiger partial charge in [-0.25, -0.2) is 4.79 Å². The van der Waals surface area contributed by atoms with Gasteiger partial charge in [-0.3, -0.25) is 19.2 Å². The Morgan fingerprint density at radius 3 is 2.00 bits per heavy atom. The summed E-state index contributed by atoms with van der Waals surface area (Å²) in [4.78, 5) is 59.1. The molecule has 30 heavy (non-hydrogen) atoms. The molecule has 0 radical (unpaired) electrons. The molecular formula is C17H31N5O7S. The van der Waals surface area contributed by atoms with Crippen molar-refractivity contribution in [1.29, 1.82) is 0 Å². The largest absolute Gasteiger partial charge is 0.480 e. The van der Waals surface area contributed by atoms with Crippen molar-refractivity contribution >= 4 is 42.2 Å². The summed E-state index contributed by atoms with van der Waals surface area (Å²) in [5, 5.41) is 25.6. The number of hydrogen-bond donors (Lipinski definition) is 8. The van der Waals surface area contributed by atoms with Gasteiger partial charge in [0.2, 0.25) is 23.6 Å². The van der Waals surface area contributed by atoms with Crippen LogP contribution in [0.3, 0.4) is 0 Å². The number of rotatable bonds is 14. The molecule has 13 heteroatoms. The zero-order valence-corrected chi connectivity index (χ0v) is 17.9. The Morgan fingerprint density at radius 1 is 1.00 bits per heavy atom. The average Bonchev–Trinajstić information content (AvgIpc) is 2.70. The van der Waals surface area contributed by atoms with Crippen molar-refractivity contribution in [1.82, 2.24) is 16.0 Å². The number of nitrogens with one attached hydrogen (secondary N) is 3. The molecule has 172 valence electrons. The van der Waals surface area contributed by atoms with Crippen LogP contribution in [0, 0.1) is 5.92 Å². The molecule has 0 saturated carbocycles. The first-order valence-corrected chi connectivity index (χ1v) is 10.0. The summed E-state index contributed by atoms with van der Waals surface area (Å²) in [6.07, 6.45) is -0.0186. The van der Waals surface area contributed by atoms with Crippen molar-refractivity contribution in [2.24, 2.45) is 17.4 Å². The molecule has 0 aromatic rings. The zero-order chi connectivity index (χ0) is 23.4. The van der Waals surface area contributed by atoms with Gasteiger partial charge in [-0.05, 0) is 12.3 Å². The minimum absolute atomic E-state index is 0.0598. The maximum absolute atomic E-state index is 12.6. The molecule has 0 aromatic carbocycles. The monoisotopic (exact) mass is 449 g/mol. The molecule has 5 unspecified atom stereocenters. The Balaban J connectivity index is 5.23. The van der Waals surface area contributed by atoms with Crippen LogP contribution in [0.4, 0.5) is 0 Å². The van der Waals surface area contributed by atoms with Crippen LogP contribution in [-0.4, -0.2) is 76.3 Å². The summed E-state index contributed by atoms with van der Waals surface area (Å²) in [7, 11) is 0. The molecule has 0 rings (SSSR count). The molecule has 5 atom stereocenters. The van der Waals surface area contributed by atoms with E-state index in [0.29, 0.717) is 6.42 Å². The van der Waals surface area contributed by atoms with Crippen LogP contribution in [0.2, 0.25) is 0 Å². The lowest BCUT2D eigenvalue weighted by atomic mass is 9.97. The third-order valence-corrected chi connectivity index (χ3v) is 4.83. The highest BCUT2D eigenvalue weighted by atomic mass is 32.1. The molecule has 0 heterocycles. The highest BCUT2D eigenvalue weighted by molar-refractivity contribution is 7.80. The van der Waals surface area contributed by atoms with Gasteiger partial charge in [-0.1, -0.05) is 20.3 Å². The number of hydrogen-bond acceptors (Lipinski definition) is 8. The molecule has 0 aliphatic heterocycles. The SMILES string of the molecule is CCC(C)C(NC(=O)C(N)CS)C(=O)NC(CO)C(=O)NC(CCC(N)=O)C(=O)O. The van der Waals surface area contributed by atoms with Gasteiger partial charge in [0, 0.05) is 12.2 Å². The van der Waals surface area contributed by atoms with E-state index in [1.165, 1.54) is 0 Å². The summed E-state index contributed by atoms with van der Waals surface area (Å²) >= 11 is 3.93. The highest BCUT2D eigenvalue weighted by Crippen LogP contribution is 2.09. The van der Waals surface area contributed by atoms with Gasteiger partial charge >= 0.3 is 5.97 Å². The Bertz CT molecular complexity index is 634. The van der Waals surface area contributed by atoms with Crippen LogP contribution in [-0.2, 0) is 24.0 Å². The summed E-state index contributed by atoms with van der Waals surface area (Å²) < 4.78 is 0.